The Hall–Kier alpha value is -2.30. The van der Waals surface area contributed by atoms with E-state index in [0.717, 1.165) is 24.0 Å². The molecule has 0 bridgehead atoms. The summed E-state index contributed by atoms with van der Waals surface area (Å²) < 4.78 is 12.3. The van der Waals surface area contributed by atoms with Crippen molar-refractivity contribution in [3.8, 4) is 5.75 Å². The van der Waals surface area contributed by atoms with Crippen LogP contribution < -0.4 is 10.3 Å². The Morgan fingerprint density at radius 1 is 1.21 bits per heavy atom. The van der Waals surface area contributed by atoms with Gasteiger partial charge in [-0.15, -0.1) is 0 Å². The molecule has 5 heteroatoms. The van der Waals surface area contributed by atoms with Gasteiger partial charge in [-0.3, -0.25) is 4.79 Å². The summed E-state index contributed by atoms with van der Waals surface area (Å²) in [5.74, 6) is 0.339. The minimum atomic E-state index is -0.648. The zero-order valence-corrected chi connectivity index (χ0v) is 14.7. The second-order valence-corrected chi connectivity index (χ2v) is 6.14. The predicted octanol–water partition coefficient (Wildman–Crippen LogP) is 3.69. The molecule has 1 aromatic heterocycles. The number of esters is 1. The van der Waals surface area contributed by atoms with Gasteiger partial charge in [-0.05, 0) is 56.8 Å². The van der Waals surface area contributed by atoms with E-state index in [2.05, 4.69) is 0 Å². The van der Waals surface area contributed by atoms with Gasteiger partial charge in [0.1, 0.15) is 11.8 Å². The van der Waals surface area contributed by atoms with E-state index < -0.39 is 6.04 Å². The van der Waals surface area contributed by atoms with Gasteiger partial charge in [-0.1, -0.05) is 13.3 Å². The zero-order chi connectivity index (χ0) is 17.7. The van der Waals surface area contributed by atoms with Crippen LogP contribution in [0.4, 0.5) is 0 Å². The first-order valence-electron chi connectivity index (χ1n) is 8.42. The summed E-state index contributed by atoms with van der Waals surface area (Å²) >= 11 is 0. The summed E-state index contributed by atoms with van der Waals surface area (Å²) in [5.41, 5.74) is -0.205. The summed E-state index contributed by atoms with van der Waals surface area (Å²) in [4.78, 5) is 24.7. The van der Waals surface area contributed by atoms with Crippen LogP contribution in [0.3, 0.4) is 0 Å². The van der Waals surface area contributed by atoms with Gasteiger partial charge < -0.3 is 14.0 Å². The summed E-state index contributed by atoms with van der Waals surface area (Å²) in [6.07, 6.45) is 3.48. The molecule has 0 saturated heterocycles. The lowest BCUT2D eigenvalue weighted by atomic mass is 10.1. The van der Waals surface area contributed by atoms with Crippen LogP contribution in [0.15, 0.2) is 35.3 Å². The highest BCUT2D eigenvalue weighted by Crippen LogP contribution is 2.20. The van der Waals surface area contributed by atoms with E-state index in [9.17, 15) is 9.59 Å². The van der Waals surface area contributed by atoms with Crippen molar-refractivity contribution in [2.24, 2.45) is 0 Å². The maximum atomic E-state index is 12.7. The van der Waals surface area contributed by atoms with Crippen molar-refractivity contribution in [3.63, 3.8) is 0 Å². The quantitative estimate of drug-likeness (QED) is 0.573. The summed E-state index contributed by atoms with van der Waals surface area (Å²) in [7, 11) is 0. The third kappa shape index (κ3) is 4.16. The van der Waals surface area contributed by atoms with Crippen LogP contribution in [0.5, 0.6) is 5.75 Å². The molecule has 0 fully saturated rings. The molecule has 0 radical (unpaired) electrons. The van der Waals surface area contributed by atoms with E-state index in [1.54, 1.807) is 25.3 Å². The van der Waals surface area contributed by atoms with Crippen molar-refractivity contribution < 1.29 is 14.3 Å². The lowest BCUT2D eigenvalue weighted by molar-refractivity contribution is -0.147. The first kappa shape index (κ1) is 18.0. The molecule has 130 valence electrons. The van der Waals surface area contributed by atoms with Crippen molar-refractivity contribution in [1.29, 1.82) is 0 Å². The maximum absolute atomic E-state index is 12.7. The molecule has 1 aromatic carbocycles. The Labute approximate surface area is 142 Å². The highest BCUT2D eigenvalue weighted by molar-refractivity contribution is 5.83. The van der Waals surface area contributed by atoms with Crippen LogP contribution in [0.25, 0.3) is 10.8 Å². The number of hydrogen-bond donors (Lipinski definition) is 0. The lowest BCUT2D eigenvalue weighted by Gasteiger charge is -2.15. The number of aromatic nitrogens is 1. The molecule has 0 saturated carbocycles. The molecule has 0 aliphatic carbocycles. The van der Waals surface area contributed by atoms with Gasteiger partial charge in [0, 0.05) is 11.6 Å². The maximum Gasteiger partial charge on any atom is 0.328 e. The number of carbonyl (C=O) groups is 1. The molecule has 0 amide bonds. The van der Waals surface area contributed by atoms with Gasteiger partial charge in [-0.2, -0.15) is 0 Å². The van der Waals surface area contributed by atoms with Crippen LogP contribution in [-0.2, 0) is 9.53 Å². The summed E-state index contributed by atoms with van der Waals surface area (Å²) in [6.45, 7) is 8.00. The Kier molecular flexibility index (Phi) is 6.01. The SMILES string of the molecule is CCCCOC(=O)C(C)n1ccc2cc(OC(C)C)ccc2c1=O. The van der Waals surface area contributed by atoms with Crippen molar-refractivity contribution in [3.05, 3.63) is 40.8 Å². The van der Waals surface area contributed by atoms with Crippen molar-refractivity contribution in [1.82, 2.24) is 4.57 Å². The van der Waals surface area contributed by atoms with Gasteiger partial charge in [0.05, 0.1) is 12.7 Å². The normalized spacial score (nSPS) is 12.4. The van der Waals surface area contributed by atoms with E-state index in [4.69, 9.17) is 9.47 Å². The number of hydrogen-bond acceptors (Lipinski definition) is 4. The third-order valence-electron chi connectivity index (χ3n) is 3.78. The summed E-state index contributed by atoms with van der Waals surface area (Å²) in [6, 6.07) is 6.52. The Morgan fingerprint density at radius 2 is 1.96 bits per heavy atom. The molecule has 0 aliphatic heterocycles. The lowest BCUT2D eigenvalue weighted by Crippen LogP contribution is -2.29. The minimum absolute atomic E-state index is 0.0701. The first-order valence-corrected chi connectivity index (χ1v) is 8.42. The van der Waals surface area contributed by atoms with Crippen molar-refractivity contribution >= 4 is 16.7 Å². The molecule has 0 spiro atoms. The van der Waals surface area contributed by atoms with E-state index in [1.165, 1.54) is 4.57 Å². The van der Waals surface area contributed by atoms with E-state index >= 15 is 0 Å². The number of unbranched alkanes of at least 4 members (excludes halogenated alkanes) is 1. The molecule has 0 N–H and O–H groups in total. The van der Waals surface area contributed by atoms with Crippen molar-refractivity contribution in [2.45, 2.75) is 52.7 Å². The number of nitrogens with zero attached hydrogens (tertiary/aromatic N) is 1. The van der Waals surface area contributed by atoms with Gasteiger partial charge in [0.25, 0.3) is 5.56 Å². The summed E-state index contributed by atoms with van der Waals surface area (Å²) in [5, 5.41) is 1.35. The molecule has 1 unspecified atom stereocenters. The predicted molar refractivity (Wildman–Crippen MR) is 94.6 cm³/mol. The monoisotopic (exact) mass is 331 g/mol. The van der Waals surface area contributed by atoms with E-state index in [1.807, 2.05) is 32.9 Å². The molecule has 24 heavy (non-hydrogen) atoms. The van der Waals surface area contributed by atoms with Crippen LogP contribution in [0, 0.1) is 0 Å². The van der Waals surface area contributed by atoms with Gasteiger partial charge in [0.15, 0.2) is 0 Å². The molecule has 1 heterocycles. The Balaban J connectivity index is 2.27. The largest absolute Gasteiger partial charge is 0.491 e. The number of carbonyl (C=O) groups excluding carboxylic acids is 1. The number of rotatable bonds is 7. The number of benzene rings is 1. The average molecular weight is 331 g/mol. The highest BCUT2D eigenvalue weighted by atomic mass is 16.5. The van der Waals surface area contributed by atoms with Crippen LogP contribution in [-0.4, -0.2) is 23.2 Å². The van der Waals surface area contributed by atoms with Crippen LogP contribution in [0.2, 0.25) is 0 Å². The van der Waals surface area contributed by atoms with Gasteiger partial charge in [-0.25, -0.2) is 4.79 Å². The average Bonchev–Trinajstić information content (AvgIpc) is 2.54. The second-order valence-electron chi connectivity index (χ2n) is 6.14. The Bertz CT molecular complexity index is 764. The fourth-order valence-electron chi connectivity index (χ4n) is 2.44. The fraction of sp³-hybridized carbons (Fsp3) is 0.474. The van der Waals surface area contributed by atoms with Crippen molar-refractivity contribution in [2.75, 3.05) is 6.61 Å². The van der Waals surface area contributed by atoms with Crippen LogP contribution >= 0.6 is 0 Å². The molecular weight excluding hydrogens is 306 g/mol. The van der Waals surface area contributed by atoms with E-state index in [0.29, 0.717) is 12.0 Å². The molecule has 5 nitrogen and oxygen atoms in total. The minimum Gasteiger partial charge on any atom is -0.491 e. The van der Waals surface area contributed by atoms with Gasteiger partial charge >= 0.3 is 5.97 Å². The third-order valence-corrected chi connectivity index (χ3v) is 3.78. The number of ether oxygens (including phenoxy) is 2. The smallest absolute Gasteiger partial charge is 0.328 e. The zero-order valence-electron chi connectivity index (χ0n) is 14.7. The highest BCUT2D eigenvalue weighted by Gasteiger charge is 2.18. The topological polar surface area (TPSA) is 57.5 Å². The molecular formula is C19H25NO4. The Morgan fingerprint density at radius 3 is 2.62 bits per heavy atom. The molecule has 0 aliphatic rings. The standard InChI is InChI=1S/C19H25NO4/c1-5-6-11-23-19(22)14(4)20-10-9-15-12-16(24-13(2)3)7-8-17(15)18(20)21/h7-10,12-14H,5-6,11H2,1-4H3. The fourth-order valence-corrected chi connectivity index (χ4v) is 2.44. The first-order chi connectivity index (χ1) is 11.4. The second kappa shape index (κ2) is 7.99. The van der Waals surface area contributed by atoms with Crippen LogP contribution in [0.1, 0.15) is 46.6 Å². The molecule has 1 atom stereocenters. The number of fused-ring (bicyclic) bond motifs is 1. The molecule has 2 rings (SSSR count). The molecule has 2 aromatic rings. The van der Waals surface area contributed by atoms with Gasteiger partial charge in [0.2, 0.25) is 0 Å². The van der Waals surface area contributed by atoms with E-state index in [-0.39, 0.29) is 17.6 Å². The number of pyridine rings is 1.